The Morgan fingerprint density at radius 2 is 2.36 bits per heavy atom. The number of carbonyl (C=O) groups is 1. The minimum absolute atomic E-state index is 0.130. The number of carbonyl (C=O) groups excluding carboxylic acids is 1. The summed E-state index contributed by atoms with van der Waals surface area (Å²) in [6.45, 7) is 0.893. The molecular formula is C10H13NO2S. The van der Waals surface area contributed by atoms with Crippen LogP contribution in [0.5, 0.6) is 5.75 Å². The Labute approximate surface area is 87.5 Å². The van der Waals surface area contributed by atoms with Crippen LogP contribution in [0.25, 0.3) is 0 Å². The number of rotatable bonds is 5. The largest absolute Gasteiger partial charge is 0.508 e. The Kier molecular flexibility index (Phi) is 4.49. The molecule has 0 aliphatic rings. The van der Waals surface area contributed by atoms with Crippen LogP contribution >= 0.6 is 11.8 Å². The first kappa shape index (κ1) is 11.1. The van der Waals surface area contributed by atoms with Crippen molar-refractivity contribution in [2.75, 3.05) is 19.3 Å². The van der Waals surface area contributed by atoms with Crippen molar-refractivity contribution in [3.8, 4) is 5.75 Å². The maximum Gasteiger partial charge on any atom is 0.151 e. The van der Waals surface area contributed by atoms with Gasteiger partial charge >= 0.3 is 0 Å². The van der Waals surface area contributed by atoms with E-state index in [1.807, 2.05) is 7.05 Å². The molecule has 2 N–H and O–H groups in total. The molecule has 0 amide bonds. The average Bonchev–Trinajstić information content (AvgIpc) is 2.20. The summed E-state index contributed by atoms with van der Waals surface area (Å²) in [6.07, 6.45) is 0.765. The van der Waals surface area contributed by atoms with Crippen molar-refractivity contribution in [1.29, 1.82) is 0 Å². The third-order valence-corrected chi connectivity index (χ3v) is 2.82. The molecule has 0 bridgehead atoms. The van der Waals surface area contributed by atoms with E-state index >= 15 is 0 Å². The fourth-order valence-electron chi connectivity index (χ4n) is 1.02. The molecule has 1 aromatic carbocycles. The van der Waals surface area contributed by atoms with Crippen LogP contribution in [0, 0.1) is 0 Å². The van der Waals surface area contributed by atoms with Gasteiger partial charge in [0, 0.05) is 22.8 Å². The molecule has 3 nitrogen and oxygen atoms in total. The van der Waals surface area contributed by atoms with Gasteiger partial charge in [0.2, 0.25) is 0 Å². The minimum Gasteiger partial charge on any atom is -0.508 e. The third kappa shape index (κ3) is 3.05. The summed E-state index contributed by atoms with van der Waals surface area (Å²) in [5, 5.41) is 12.2. The molecular weight excluding hydrogens is 198 g/mol. The molecule has 0 saturated heterocycles. The highest BCUT2D eigenvalue weighted by Crippen LogP contribution is 2.24. The number of benzene rings is 1. The molecule has 0 heterocycles. The van der Waals surface area contributed by atoms with Gasteiger partial charge in [0.05, 0.1) is 0 Å². The second-order valence-electron chi connectivity index (χ2n) is 2.79. The van der Waals surface area contributed by atoms with Crippen LogP contribution in [0.1, 0.15) is 10.4 Å². The van der Waals surface area contributed by atoms with Gasteiger partial charge in [-0.3, -0.25) is 4.79 Å². The number of phenolic OH excluding ortho intramolecular Hbond substituents is 1. The molecule has 0 saturated carbocycles. The smallest absolute Gasteiger partial charge is 0.151 e. The van der Waals surface area contributed by atoms with Crippen molar-refractivity contribution >= 4 is 18.0 Å². The quantitative estimate of drug-likeness (QED) is 0.440. The van der Waals surface area contributed by atoms with Crippen LogP contribution in [0.3, 0.4) is 0 Å². The van der Waals surface area contributed by atoms with Gasteiger partial charge in [-0.25, -0.2) is 0 Å². The van der Waals surface area contributed by atoms with Crippen molar-refractivity contribution in [1.82, 2.24) is 5.32 Å². The fourth-order valence-corrected chi connectivity index (χ4v) is 1.99. The van der Waals surface area contributed by atoms with E-state index in [4.69, 9.17) is 5.11 Å². The van der Waals surface area contributed by atoms with Crippen molar-refractivity contribution in [2.24, 2.45) is 0 Å². The van der Waals surface area contributed by atoms with Crippen LogP contribution in [-0.2, 0) is 0 Å². The third-order valence-electron chi connectivity index (χ3n) is 1.73. The first-order valence-corrected chi connectivity index (χ1v) is 5.32. The predicted molar refractivity (Wildman–Crippen MR) is 58.1 cm³/mol. The maximum absolute atomic E-state index is 10.7. The standard InChI is InChI=1S/C10H13NO2S/c1-11-4-5-14-10-3-2-9(13)6-8(10)7-12/h2-3,6-7,11,13H,4-5H2,1H3. The van der Waals surface area contributed by atoms with E-state index in [0.29, 0.717) is 5.56 Å². The fraction of sp³-hybridized carbons (Fsp3) is 0.300. The predicted octanol–water partition coefficient (Wildman–Crippen LogP) is 1.52. The first-order valence-electron chi connectivity index (χ1n) is 4.33. The number of aromatic hydroxyl groups is 1. The Bertz CT molecular complexity index is 315. The van der Waals surface area contributed by atoms with Crippen molar-refractivity contribution in [3.63, 3.8) is 0 Å². The summed E-state index contributed by atoms with van der Waals surface area (Å²) in [4.78, 5) is 11.6. The van der Waals surface area contributed by atoms with E-state index in [2.05, 4.69) is 5.32 Å². The van der Waals surface area contributed by atoms with E-state index in [-0.39, 0.29) is 5.75 Å². The maximum atomic E-state index is 10.7. The van der Waals surface area contributed by atoms with Crippen LogP contribution < -0.4 is 5.32 Å². The van der Waals surface area contributed by atoms with Crippen LogP contribution in [0.4, 0.5) is 0 Å². The number of thioether (sulfide) groups is 1. The van der Waals surface area contributed by atoms with E-state index in [1.165, 1.54) is 6.07 Å². The molecule has 1 rings (SSSR count). The lowest BCUT2D eigenvalue weighted by Crippen LogP contribution is -2.09. The molecule has 1 aromatic rings. The Morgan fingerprint density at radius 3 is 3.00 bits per heavy atom. The van der Waals surface area contributed by atoms with Gasteiger partial charge in [0.15, 0.2) is 6.29 Å². The zero-order chi connectivity index (χ0) is 10.4. The Balaban J connectivity index is 2.70. The van der Waals surface area contributed by atoms with E-state index in [1.54, 1.807) is 23.9 Å². The van der Waals surface area contributed by atoms with Gasteiger partial charge in [0.1, 0.15) is 5.75 Å². The van der Waals surface area contributed by atoms with Gasteiger partial charge in [-0.1, -0.05) is 0 Å². The zero-order valence-electron chi connectivity index (χ0n) is 7.99. The highest BCUT2D eigenvalue weighted by molar-refractivity contribution is 7.99. The van der Waals surface area contributed by atoms with Crippen LogP contribution in [0.2, 0.25) is 0 Å². The Hall–Kier alpha value is -1.00. The molecule has 0 spiro atoms. The summed E-state index contributed by atoms with van der Waals surface area (Å²) in [7, 11) is 1.89. The number of hydrogen-bond acceptors (Lipinski definition) is 4. The summed E-state index contributed by atoms with van der Waals surface area (Å²) in [6, 6.07) is 4.84. The van der Waals surface area contributed by atoms with Gasteiger partial charge in [-0.2, -0.15) is 0 Å². The number of phenols is 1. The van der Waals surface area contributed by atoms with Gasteiger partial charge in [0.25, 0.3) is 0 Å². The van der Waals surface area contributed by atoms with Crippen molar-refractivity contribution < 1.29 is 9.90 Å². The normalized spacial score (nSPS) is 10.1. The highest BCUT2D eigenvalue weighted by atomic mass is 32.2. The molecule has 0 aromatic heterocycles. The van der Waals surface area contributed by atoms with E-state index < -0.39 is 0 Å². The lowest BCUT2D eigenvalue weighted by molar-refractivity contribution is 0.112. The molecule has 14 heavy (non-hydrogen) atoms. The molecule has 0 aliphatic carbocycles. The summed E-state index contributed by atoms with van der Waals surface area (Å²) in [5.41, 5.74) is 0.547. The molecule has 76 valence electrons. The number of hydrogen-bond donors (Lipinski definition) is 2. The van der Waals surface area contributed by atoms with E-state index in [0.717, 1.165) is 23.5 Å². The lowest BCUT2D eigenvalue weighted by Gasteiger charge is -2.04. The topological polar surface area (TPSA) is 49.3 Å². The molecule has 4 heteroatoms. The second-order valence-corrected chi connectivity index (χ2v) is 3.93. The molecule has 0 atom stereocenters. The van der Waals surface area contributed by atoms with Gasteiger partial charge in [-0.15, -0.1) is 11.8 Å². The summed E-state index contributed by atoms with van der Waals surface area (Å²) < 4.78 is 0. The van der Waals surface area contributed by atoms with Crippen molar-refractivity contribution in [3.05, 3.63) is 23.8 Å². The first-order chi connectivity index (χ1) is 6.77. The summed E-state index contributed by atoms with van der Waals surface area (Å²) in [5.74, 6) is 1.03. The molecule has 0 aliphatic heterocycles. The van der Waals surface area contributed by atoms with Crippen molar-refractivity contribution in [2.45, 2.75) is 4.90 Å². The molecule has 0 unspecified atom stereocenters. The number of nitrogens with one attached hydrogen (secondary N) is 1. The SMILES string of the molecule is CNCCSc1ccc(O)cc1C=O. The van der Waals surface area contributed by atoms with Gasteiger partial charge in [-0.05, 0) is 25.2 Å². The molecule has 0 fully saturated rings. The monoisotopic (exact) mass is 211 g/mol. The average molecular weight is 211 g/mol. The minimum atomic E-state index is 0.130. The van der Waals surface area contributed by atoms with E-state index in [9.17, 15) is 4.79 Å². The highest BCUT2D eigenvalue weighted by Gasteiger charge is 2.02. The summed E-state index contributed by atoms with van der Waals surface area (Å²) >= 11 is 1.60. The Morgan fingerprint density at radius 1 is 1.57 bits per heavy atom. The lowest BCUT2D eigenvalue weighted by atomic mass is 10.2. The van der Waals surface area contributed by atoms with Crippen LogP contribution in [-0.4, -0.2) is 30.7 Å². The second kappa shape index (κ2) is 5.67. The van der Waals surface area contributed by atoms with Gasteiger partial charge < -0.3 is 10.4 Å². The zero-order valence-corrected chi connectivity index (χ0v) is 8.80. The molecule has 0 radical (unpaired) electrons. The van der Waals surface area contributed by atoms with Crippen LogP contribution in [0.15, 0.2) is 23.1 Å². The number of aldehydes is 1.